The van der Waals surface area contributed by atoms with E-state index < -0.39 is 5.92 Å². The number of hydrogen-bond acceptors (Lipinski definition) is 4. The van der Waals surface area contributed by atoms with Crippen molar-refractivity contribution < 1.29 is 15.1 Å². The van der Waals surface area contributed by atoms with Gasteiger partial charge in [0.05, 0.1) is 6.61 Å². The molecule has 1 saturated carbocycles. The standard InChI is InChI=1S/C14H19N3O3/c15-13(16-20)12(10-4-2-1-3-5-10)14(19)17(8-9-18)11-6-7-11/h1-5,11-12,18,20H,6-9H2,(H2,15,16). The minimum atomic E-state index is -0.812. The summed E-state index contributed by atoms with van der Waals surface area (Å²) >= 11 is 0. The Bertz CT molecular complexity index is 486. The smallest absolute Gasteiger partial charge is 0.238 e. The van der Waals surface area contributed by atoms with Crippen molar-refractivity contribution in [2.24, 2.45) is 10.9 Å². The highest BCUT2D eigenvalue weighted by Crippen LogP contribution is 2.30. The van der Waals surface area contributed by atoms with Crippen molar-refractivity contribution in [3.63, 3.8) is 0 Å². The molecule has 0 aliphatic heterocycles. The molecule has 1 amide bonds. The lowest BCUT2D eigenvalue weighted by Crippen LogP contribution is -2.43. The van der Waals surface area contributed by atoms with Crippen molar-refractivity contribution in [2.75, 3.05) is 13.2 Å². The molecule has 1 aromatic carbocycles. The number of nitrogens with zero attached hydrogens (tertiary/aromatic N) is 2. The second-order valence-corrected chi connectivity index (χ2v) is 4.85. The van der Waals surface area contributed by atoms with Gasteiger partial charge < -0.3 is 20.9 Å². The fraction of sp³-hybridized carbons (Fsp3) is 0.429. The van der Waals surface area contributed by atoms with Gasteiger partial charge in [-0.3, -0.25) is 4.79 Å². The van der Waals surface area contributed by atoms with Crippen LogP contribution in [0.5, 0.6) is 0 Å². The molecule has 0 aromatic heterocycles. The zero-order chi connectivity index (χ0) is 14.5. The maximum Gasteiger partial charge on any atom is 0.238 e. The molecule has 6 heteroatoms. The van der Waals surface area contributed by atoms with Gasteiger partial charge in [0.15, 0.2) is 5.84 Å². The Morgan fingerprint density at radius 3 is 2.55 bits per heavy atom. The number of aliphatic hydroxyl groups is 1. The van der Waals surface area contributed by atoms with Gasteiger partial charge in [0.1, 0.15) is 5.92 Å². The van der Waals surface area contributed by atoms with Crippen LogP contribution in [0.2, 0.25) is 0 Å². The van der Waals surface area contributed by atoms with Crippen LogP contribution in [-0.4, -0.2) is 46.1 Å². The first-order valence-corrected chi connectivity index (χ1v) is 6.62. The van der Waals surface area contributed by atoms with Crippen molar-refractivity contribution in [2.45, 2.75) is 24.8 Å². The van der Waals surface area contributed by atoms with Crippen LogP contribution < -0.4 is 5.73 Å². The van der Waals surface area contributed by atoms with E-state index in [4.69, 9.17) is 16.0 Å². The van der Waals surface area contributed by atoms with Gasteiger partial charge in [0.2, 0.25) is 5.91 Å². The maximum atomic E-state index is 12.7. The van der Waals surface area contributed by atoms with Gasteiger partial charge >= 0.3 is 0 Å². The van der Waals surface area contributed by atoms with E-state index in [1.165, 1.54) is 0 Å². The summed E-state index contributed by atoms with van der Waals surface area (Å²) in [6.07, 6.45) is 1.87. The number of aliphatic hydroxyl groups excluding tert-OH is 1. The Morgan fingerprint density at radius 2 is 2.05 bits per heavy atom. The van der Waals surface area contributed by atoms with Gasteiger partial charge in [-0.2, -0.15) is 0 Å². The fourth-order valence-corrected chi connectivity index (χ4v) is 2.28. The predicted octanol–water partition coefficient (Wildman–Crippen LogP) is 0.500. The van der Waals surface area contributed by atoms with Crippen molar-refractivity contribution in [1.82, 2.24) is 4.90 Å². The molecule has 108 valence electrons. The van der Waals surface area contributed by atoms with Crippen LogP contribution in [0.25, 0.3) is 0 Å². The van der Waals surface area contributed by atoms with Gasteiger partial charge in [0.25, 0.3) is 0 Å². The molecular weight excluding hydrogens is 258 g/mol. The number of amidine groups is 1. The third-order valence-electron chi connectivity index (χ3n) is 3.40. The van der Waals surface area contributed by atoms with Gasteiger partial charge in [-0.05, 0) is 18.4 Å². The molecule has 1 aliphatic carbocycles. The Morgan fingerprint density at radius 1 is 1.40 bits per heavy atom. The first-order chi connectivity index (χ1) is 9.69. The van der Waals surface area contributed by atoms with E-state index in [0.29, 0.717) is 5.56 Å². The zero-order valence-corrected chi connectivity index (χ0v) is 11.1. The second-order valence-electron chi connectivity index (χ2n) is 4.85. The van der Waals surface area contributed by atoms with E-state index in [2.05, 4.69) is 5.16 Å². The molecule has 2 rings (SSSR count). The van der Waals surface area contributed by atoms with Gasteiger partial charge in [-0.1, -0.05) is 35.5 Å². The minimum Gasteiger partial charge on any atom is -0.409 e. The lowest BCUT2D eigenvalue weighted by molar-refractivity contribution is -0.132. The lowest BCUT2D eigenvalue weighted by atomic mass is 9.96. The number of rotatable bonds is 6. The molecule has 1 unspecified atom stereocenters. The zero-order valence-electron chi connectivity index (χ0n) is 11.1. The normalized spacial score (nSPS) is 16.8. The van der Waals surface area contributed by atoms with E-state index in [1.54, 1.807) is 29.2 Å². The molecule has 0 heterocycles. The average Bonchev–Trinajstić information content (AvgIpc) is 3.30. The average molecular weight is 277 g/mol. The number of carbonyl (C=O) groups is 1. The van der Waals surface area contributed by atoms with Crippen molar-refractivity contribution >= 4 is 11.7 Å². The van der Waals surface area contributed by atoms with E-state index in [9.17, 15) is 4.79 Å². The Labute approximate surface area is 117 Å². The largest absolute Gasteiger partial charge is 0.409 e. The molecular formula is C14H19N3O3. The molecule has 1 aliphatic rings. The first-order valence-electron chi connectivity index (χ1n) is 6.62. The third kappa shape index (κ3) is 3.08. The van der Waals surface area contributed by atoms with Gasteiger partial charge in [-0.25, -0.2) is 0 Å². The molecule has 1 fully saturated rings. The highest BCUT2D eigenvalue weighted by atomic mass is 16.4. The number of amides is 1. The molecule has 0 radical (unpaired) electrons. The summed E-state index contributed by atoms with van der Waals surface area (Å²) in [7, 11) is 0. The van der Waals surface area contributed by atoms with Crippen LogP contribution in [0.3, 0.4) is 0 Å². The Hall–Kier alpha value is -2.08. The van der Waals surface area contributed by atoms with Crippen LogP contribution in [0, 0.1) is 0 Å². The molecule has 6 nitrogen and oxygen atoms in total. The number of carbonyl (C=O) groups excluding carboxylic acids is 1. The molecule has 1 atom stereocenters. The monoisotopic (exact) mass is 277 g/mol. The van der Waals surface area contributed by atoms with E-state index in [0.717, 1.165) is 12.8 Å². The van der Waals surface area contributed by atoms with Crippen LogP contribution in [-0.2, 0) is 4.79 Å². The number of benzene rings is 1. The maximum absolute atomic E-state index is 12.7. The summed E-state index contributed by atoms with van der Waals surface area (Å²) in [5, 5.41) is 21.0. The number of oxime groups is 1. The van der Waals surface area contributed by atoms with Gasteiger partial charge in [0, 0.05) is 12.6 Å². The lowest BCUT2D eigenvalue weighted by Gasteiger charge is -2.26. The summed E-state index contributed by atoms with van der Waals surface area (Å²) in [6.45, 7) is 0.172. The summed E-state index contributed by atoms with van der Waals surface area (Å²) in [5.41, 5.74) is 6.37. The minimum absolute atomic E-state index is 0.0973. The van der Waals surface area contributed by atoms with Crippen LogP contribution >= 0.6 is 0 Å². The molecule has 0 bridgehead atoms. The van der Waals surface area contributed by atoms with Crippen molar-refractivity contribution in [1.29, 1.82) is 0 Å². The molecule has 1 aromatic rings. The molecule has 20 heavy (non-hydrogen) atoms. The van der Waals surface area contributed by atoms with E-state index >= 15 is 0 Å². The van der Waals surface area contributed by atoms with Crippen LogP contribution in [0.15, 0.2) is 35.5 Å². The third-order valence-corrected chi connectivity index (χ3v) is 3.40. The summed E-state index contributed by atoms with van der Waals surface area (Å²) in [4.78, 5) is 14.3. The summed E-state index contributed by atoms with van der Waals surface area (Å²) in [5.74, 6) is -1.18. The Kier molecular flexibility index (Phi) is 4.57. The molecule has 0 saturated heterocycles. The quantitative estimate of drug-likeness (QED) is 0.305. The van der Waals surface area contributed by atoms with E-state index in [1.807, 2.05) is 6.07 Å². The topological polar surface area (TPSA) is 99.2 Å². The van der Waals surface area contributed by atoms with Crippen molar-refractivity contribution in [3.8, 4) is 0 Å². The van der Waals surface area contributed by atoms with Crippen molar-refractivity contribution in [3.05, 3.63) is 35.9 Å². The highest BCUT2D eigenvalue weighted by Gasteiger charge is 2.37. The van der Waals surface area contributed by atoms with E-state index in [-0.39, 0.29) is 30.9 Å². The summed E-state index contributed by atoms with van der Waals surface area (Å²) in [6, 6.07) is 9.13. The number of hydrogen-bond donors (Lipinski definition) is 3. The second kappa shape index (κ2) is 6.38. The molecule has 4 N–H and O–H groups in total. The van der Waals surface area contributed by atoms with Crippen LogP contribution in [0.1, 0.15) is 24.3 Å². The number of nitrogens with two attached hydrogens (primary N) is 1. The highest BCUT2D eigenvalue weighted by molar-refractivity contribution is 6.07. The molecule has 0 spiro atoms. The van der Waals surface area contributed by atoms with Gasteiger partial charge in [-0.15, -0.1) is 0 Å². The SMILES string of the molecule is NC(=NO)C(C(=O)N(CCO)C1CC1)c1ccccc1. The van der Waals surface area contributed by atoms with Crippen LogP contribution in [0.4, 0.5) is 0 Å². The fourth-order valence-electron chi connectivity index (χ4n) is 2.28. The predicted molar refractivity (Wildman–Crippen MR) is 74.4 cm³/mol. The Balaban J connectivity index is 2.28. The summed E-state index contributed by atoms with van der Waals surface area (Å²) < 4.78 is 0. The first kappa shape index (κ1) is 14.3.